The first-order valence-corrected chi connectivity index (χ1v) is 4.92. The quantitative estimate of drug-likeness (QED) is 0.547. The maximum atomic E-state index is 10.4. The summed E-state index contributed by atoms with van der Waals surface area (Å²) in [6, 6.07) is 0. The molecule has 0 aromatic carbocycles. The molecule has 0 atom stereocenters. The number of aromatic nitrogens is 2. The van der Waals surface area contributed by atoms with Crippen molar-refractivity contribution in [1.29, 1.82) is 0 Å². The van der Waals surface area contributed by atoms with Gasteiger partial charge in [-0.15, -0.1) is 0 Å². The molecular weight excluding hydrogens is 182 g/mol. The van der Waals surface area contributed by atoms with Crippen LogP contribution in [0.15, 0.2) is 12.4 Å². The van der Waals surface area contributed by atoms with E-state index in [2.05, 4.69) is 5.10 Å². The van der Waals surface area contributed by atoms with Crippen molar-refractivity contribution in [3.63, 3.8) is 0 Å². The predicted molar refractivity (Wildman–Crippen MR) is 50.8 cm³/mol. The highest BCUT2D eigenvalue weighted by atomic mass is 16.6. The summed E-state index contributed by atoms with van der Waals surface area (Å²) < 4.78 is 1.69. The number of rotatable bonds is 3. The molecular formula is C9H13N3O2. The summed E-state index contributed by atoms with van der Waals surface area (Å²) in [5.74, 6) is 0.662. The Morgan fingerprint density at radius 3 is 2.86 bits per heavy atom. The molecule has 0 saturated heterocycles. The molecule has 0 aliphatic heterocycles. The Balaban J connectivity index is 1.98. The Kier molecular flexibility index (Phi) is 2.47. The van der Waals surface area contributed by atoms with E-state index in [1.54, 1.807) is 4.68 Å². The lowest BCUT2D eigenvalue weighted by Crippen LogP contribution is -2.07. The monoisotopic (exact) mass is 195 g/mol. The number of nitro groups is 1. The molecule has 0 radical (unpaired) electrons. The average molecular weight is 195 g/mol. The Hall–Kier alpha value is -1.39. The average Bonchev–Trinajstić information content (AvgIpc) is 2.75. The van der Waals surface area contributed by atoms with Gasteiger partial charge in [-0.3, -0.25) is 14.8 Å². The number of nitrogens with zero attached hydrogens (tertiary/aromatic N) is 3. The Bertz CT molecular complexity index is 329. The van der Waals surface area contributed by atoms with Crippen LogP contribution >= 0.6 is 0 Å². The first-order chi connectivity index (χ1) is 6.75. The fraction of sp³-hybridized carbons (Fsp3) is 0.667. The second kappa shape index (κ2) is 3.77. The van der Waals surface area contributed by atoms with Crippen LogP contribution in [0.3, 0.4) is 0 Å². The SMILES string of the molecule is O=[N+]([O-])c1cnn(CC2CCCC2)c1. The maximum Gasteiger partial charge on any atom is 0.306 e. The van der Waals surface area contributed by atoms with E-state index >= 15 is 0 Å². The van der Waals surface area contributed by atoms with Crippen molar-refractivity contribution >= 4 is 5.69 Å². The zero-order chi connectivity index (χ0) is 9.97. The van der Waals surface area contributed by atoms with E-state index in [4.69, 9.17) is 0 Å². The molecule has 5 nitrogen and oxygen atoms in total. The fourth-order valence-electron chi connectivity index (χ4n) is 2.00. The maximum absolute atomic E-state index is 10.4. The lowest BCUT2D eigenvalue weighted by atomic mass is 10.1. The lowest BCUT2D eigenvalue weighted by Gasteiger charge is -2.07. The van der Waals surface area contributed by atoms with Crippen molar-refractivity contribution in [2.45, 2.75) is 32.2 Å². The van der Waals surface area contributed by atoms with Gasteiger partial charge in [0.05, 0.1) is 4.92 Å². The summed E-state index contributed by atoms with van der Waals surface area (Å²) in [6.45, 7) is 0.827. The molecule has 0 N–H and O–H groups in total. The molecule has 76 valence electrons. The summed E-state index contributed by atoms with van der Waals surface area (Å²) in [6.07, 6.45) is 7.86. The van der Waals surface area contributed by atoms with Crippen LogP contribution in [0.4, 0.5) is 5.69 Å². The Morgan fingerprint density at radius 2 is 2.29 bits per heavy atom. The van der Waals surface area contributed by atoms with Crippen molar-refractivity contribution < 1.29 is 4.92 Å². The van der Waals surface area contributed by atoms with E-state index in [0.717, 1.165) is 6.54 Å². The first kappa shape index (κ1) is 9.18. The molecule has 0 spiro atoms. The molecule has 0 amide bonds. The van der Waals surface area contributed by atoms with Crippen molar-refractivity contribution in [2.75, 3.05) is 0 Å². The van der Waals surface area contributed by atoms with Crippen LogP contribution in [0.25, 0.3) is 0 Å². The Labute approximate surface area is 81.9 Å². The normalized spacial score (nSPS) is 17.4. The van der Waals surface area contributed by atoms with Gasteiger partial charge in [0.25, 0.3) is 0 Å². The Morgan fingerprint density at radius 1 is 1.57 bits per heavy atom. The van der Waals surface area contributed by atoms with Gasteiger partial charge in [0, 0.05) is 6.54 Å². The van der Waals surface area contributed by atoms with Gasteiger partial charge >= 0.3 is 5.69 Å². The van der Waals surface area contributed by atoms with E-state index in [-0.39, 0.29) is 5.69 Å². The molecule has 1 fully saturated rings. The van der Waals surface area contributed by atoms with Gasteiger partial charge in [-0.1, -0.05) is 12.8 Å². The molecule has 2 rings (SSSR count). The second-order valence-corrected chi connectivity index (χ2v) is 3.83. The highest BCUT2D eigenvalue weighted by molar-refractivity contribution is 5.20. The smallest absolute Gasteiger partial charge is 0.265 e. The summed E-state index contributed by atoms with van der Waals surface area (Å²) in [5.41, 5.74) is 0.0861. The largest absolute Gasteiger partial charge is 0.306 e. The van der Waals surface area contributed by atoms with E-state index in [9.17, 15) is 10.1 Å². The topological polar surface area (TPSA) is 61.0 Å². The molecule has 1 aromatic heterocycles. The zero-order valence-corrected chi connectivity index (χ0v) is 7.93. The summed E-state index contributed by atoms with van der Waals surface area (Å²) in [4.78, 5) is 10.00. The van der Waals surface area contributed by atoms with Crippen LogP contribution in [0, 0.1) is 16.0 Å². The predicted octanol–water partition coefficient (Wildman–Crippen LogP) is 1.98. The van der Waals surface area contributed by atoms with Crippen molar-refractivity contribution in [2.24, 2.45) is 5.92 Å². The molecule has 14 heavy (non-hydrogen) atoms. The molecule has 1 aliphatic rings. The lowest BCUT2D eigenvalue weighted by molar-refractivity contribution is -0.385. The van der Waals surface area contributed by atoms with Gasteiger partial charge in [-0.2, -0.15) is 5.10 Å². The van der Waals surface area contributed by atoms with E-state index in [1.807, 2.05) is 0 Å². The third kappa shape index (κ3) is 1.92. The van der Waals surface area contributed by atoms with Gasteiger partial charge in [0.15, 0.2) is 0 Å². The van der Waals surface area contributed by atoms with Crippen LogP contribution in [0.1, 0.15) is 25.7 Å². The van der Waals surface area contributed by atoms with Crippen LogP contribution in [0.5, 0.6) is 0 Å². The first-order valence-electron chi connectivity index (χ1n) is 4.92. The molecule has 1 saturated carbocycles. The second-order valence-electron chi connectivity index (χ2n) is 3.83. The van der Waals surface area contributed by atoms with Crippen molar-refractivity contribution in [3.05, 3.63) is 22.5 Å². The van der Waals surface area contributed by atoms with Crippen LogP contribution in [-0.4, -0.2) is 14.7 Å². The van der Waals surface area contributed by atoms with Gasteiger partial charge in [0.2, 0.25) is 0 Å². The minimum absolute atomic E-state index is 0.0861. The number of hydrogen-bond donors (Lipinski definition) is 0. The van der Waals surface area contributed by atoms with Crippen LogP contribution < -0.4 is 0 Å². The summed E-state index contributed by atoms with van der Waals surface area (Å²) >= 11 is 0. The van der Waals surface area contributed by atoms with E-state index in [1.165, 1.54) is 38.1 Å². The fourth-order valence-corrected chi connectivity index (χ4v) is 2.00. The van der Waals surface area contributed by atoms with Crippen LogP contribution in [0.2, 0.25) is 0 Å². The van der Waals surface area contributed by atoms with Gasteiger partial charge in [0.1, 0.15) is 12.4 Å². The van der Waals surface area contributed by atoms with E-state index < -0.39 is 4.92 Å². The van der Waals surface area contributed by atoms with Gasteiger partial charge in [-0.25, -0.2) is 0 Å². The zero-order valence-electron chi connectivity index (χ0n) is 7.93. The standard InChI is InChI=1S/C9H13N3O2/c13-12(14)9-5-10-11(7-9)6-8-3-1-2-4-8/h5,7-8H,1-4,6H2. The summed E-state index contributed by atoms with van der Waals surface area (Å²) in [5, 5.41) is 14.4. The molecule has 1 heterocycles. The van der Waals surface area contributed by atoms with Gasteiger partial charge < -0.3 is 0 Å². The third-order valence-corrected chi connectivity index (χ3v) is 2.75. The highest BCUT2D eigenvalue weighted by Crippen LogP contribution is 2.26. The van der Waals surface area contributed by atoms with E-state index in [0.29, 0.717) is 5.92 Å². The number of hydrogen-bond acceptors (Lipinski definition) is 3. The highest BCUT2D eigenvalue weighted by Gasteiger charge is 2.17. The van der Waals surface area contributed by atoms with Crippen molar-refractivity contribution in [3.8, 4) is 0 Å². The summed E-state index contributed by atoms with van der Waals surface area (Å²) in [7, 11) is 0. The molecule has 0 bridgehead atoms. The van der Waals surface area contributed by atoms with Gasteiger partial charge in [-0.05, 0) is 18.8 Å². The van der Waals surface area contributed by atoms with Crippen LogP contribution in [-0.2, 0) is 6.54 Å². The molecule has 0 unspecified atom stereocenters. The van der Waals surface area contributed by atoms with Crippen molar-refractivity contribution in [1.82, 2.24) is 9.78 Å². The molecule has 1 aliphatic carbocycles. The minimum atomic E-state index is -0.405. The minimum Gasteiger partial charge on any atom is -0.265 e. The molecule has 5 heteroatoms. The third-order valence-electron chi connectivity index (χ3n) is 2.75. The molecule has 1 aromatic rings.